The minimum absolute atomic E-state index is 0. The standard InChI is InChI=1S/C13H30N2O4.Zr/c1-9(17)6-12(14,4-5-16)13(15,7-10(2)18)8-11(3)19;/h9-11,16-19H,4-8,14-15H2,1-3H3;. The Morgan fingerprint density at radius 3 is 1.35 bits per heavy atom. The van der Waals surface area contributed by atoms with Crippen LogP contribution in [0, 0.1) is 0 Å². The molecule has 7 heteroatoms. The topological polar surface area (TPSA) is 133 Å². The van der Waals surface area contributed by atoms with Crippen molar-refractivity contribution < 1.29 is 46.6 Å². The average Bonchev–Trinajstić information content (AvgIpc) is 2.12. The maximum absolute atomic E-state index is 9.62. The maximum Gasteiger partial charge on any atom is 0.0530 e. The Morgan fingerprint density at radius 1 is 0.800 bits per heavy atom. The van der Waals surface area contributed by atoms with Crippen molar-refractivity contribution in [3.8, 4) is 0 Å². The molecule has 0 fully saturated rings. The fourth-order valence-corrected chi connectivity index (χ4v) is 2.83. The van der Waals surface area contributed by atoms with Gasteiger partial charge >= 0.3 is 0 Å². The van der Waals surface area contributed by atoms with Crippen LogP contribution >= 0.6 is 0 Å². The summed E-state index contributed by atoms with van der Waals surface area (Å²) in [4.78, 5) is 0. The van der Waals surface area contributed by atoms with E-state index in [4.69, 9.17) is 11.5 Å². The van der Waals surface area contributed by atoms with Gasteiger partial charge in [0.25, 0.3) is 0 Å². The van der Waals surface area contributed by atoms with E-state index in [-0.39, 0.29) is 58.5 Å². The normalized spacial score (nSPS) is 22.1. The fourth-order valence-electron chi connectivity index (χ4n) is 2.83. The zero-order chi connectivity index (χ0) is 15.3. The molecule has 0 aliphatic heterocycles. The van der Waals surface area contributed by atoms with Crippen LogP contribution in [0.1, 0.15) is 46.5 Å². The molecule has 20 heavy (non-hydrogen) atoms. The van der Waals surface area contributed by atoms with Crippen LogP contribution in [-0.4, -0.2) is 56.4 Å². The molecule has 0 heterocycles. The number of aliphatic hydroxyl groups is 4. The Bertz CT molecular complexity index is 255. The Kier molecular flexibility index (Phi) is 11.0. The van der Waals surface area contributed by atoms with Gasteiger partial charge in [-0.1, -0.05) is 0 Å². The third kappa shape index (κ3) is 7.07. The van der Waals surface area contributed by atoms with Gasteiger partial charge in [0.1, 0.15) is 0 Å². The van der Waals surface area contributed by atoms with Crippen molar-refractivity contribution in [2.75, 3.05) is 6.61 Å². The Labute approximate surface area is 140 Å². The molecule has 0 spiro atoms. The largest absolute Gasteiger partial charge is 0.396 e. The molecular weight excluding hydrogens is 339 g/mol. The van der Waals surface area contributed by atoms with Crippen LogP contribution in [0.15, 0.2) is 0 Å². The molecule has 0 bridgehead atoms. The van der Waals surface area contributed by atoms with E-state index in [2.05, 4.69) is 0 Å². The summed E-state index contributed by atoms with van der Waals surface area (Å²) in [7, 11) is 0. The first-order chi connectivity index (χ1) is 8.56. The van der Waals surface area contributed by atoms with Crippen molar-refractivity contribution in [2.24, 2.45) is 11.5 Å². The first kappa shape index (κ1) is 22.9. The second kappa shape index (κ2) is 9.62. The molecule has 0 rings (SSSR count). The molecule has 8 N–H and O–H groups in total. The summed E-state index contributed by atoms with van der Waals surface area (Å²) in [5.41, 5.74) is 10.6. The minimum atomic E-state index is -1.06. The Morgan fingerprint density at radius 2 is 1.10 bits per heavy atom. The maximum atomic E-state index is 9.62. The van der Waals surface area contributed by atoms with Crippen LogP contribution in [-0.2, 0) is 26.2 Å². The van der Waals surface area contributed by atoms with Gasteiger partial charge in [-0.05, 0) is 46.5 Å². The third-order valence-corrected chi connectivity index (χ3v) is 3.53. The van der Waals surface area contributed by atoms with Crippen molar-refractivity contribution in [1.29, 1.82) is 0 Å². The van der Waals surface area contributed by atoms with Gasteiger partial charge in [-0.2, -0.15) is 0 Å². The smallest absolute Gasteiger partial charge is 0.0530 e. The van der Waals surface area contributed by atoms with Gasteiger partial charge in [0.15, 0.2) is 0 Å². The molecule has 0 aliphatic rings. The summed E-state index contributed by atoms with van der Waals surface area (Å²) >= 11 is 0. The van der Waals surface area contributed by atoms with Crippen molar-refractivity contribution in [2.45, 2.75) is 75.8 Å². The van der Waals surface area contributed by atoms with Gasteiger partial charge in [-0.3, -0.25) is 0 Å². The molecule has 0 radical (unpaired) electrons. The number of aliphatic hydroxyl groups excluding tert-OH is 4. The molecule has 0 amide bonds. The number of nitrogens with two attached hydrogens (primary N) is 2. The van der Waals surface area contributed by atoms with Crippen LogP contribution in [0.2, 0.25) is 0 Å². The monoisotopic (exact) mass is 368 g/mol. The van der Waals surface area contributed by atoms with Crippen LogP contribution in [0.3, 0.4) is 0 Å². The van der Waals surface area contributed by atoms with E-state index in [9.17, 15) is 20.4 Å². The van der Waals surface area contributed by atoms with Crippen molar-refractivity contribution in [1.82, 2.24) is 0 Å². The Hall–Kier alpha value is 0.643. The van der Waals surface area contributed by atoms with E-state index in [0.717, 1.165) is 0 Å². The summed E-state index contributed by atoms with van der Waals surface area (Å²) < 4.78 is 0. The second-order valence-corrected chi connectivity index (χ2v) is 5.95. The van der Waals surface area contributed by atoms with Gasteiger partial charge in [-0.25, -0.2) is 0 Å². The molecule has 0 aromatic carbocycles. The molecule has 0 saturated carbocycles. The summed E-state index contributed by atoms with van der Waals surface area (Å²) in [5.74, 6) is 0. The molecule has 0 aromatic heterocycles. The number of hydrogen-bond donors (Lipinski definition) is 6. The molecule has 0 saturated heterocycles. The van der Waals surface area contributed by atoms with Crippen LogP contribution in [0.25, 0.3) is 0 Å². The van der Waals surface area contributed by atoms with E-state index in [1.807, 2.05) is 0 Å². The first-order valence-corrected chi connectivity index (χ1v) is 6.79. The molecule has 4 unspecified atom stereocenters. The van der Waals surface area contributed by atoms with Crippen molar-refractivity contribution >= 4 is 0 Å². The first-order valence-electron chi connectivity index (χ1n) is 6.79. The van der Waals surface area contributed by atoms with Gasteiger partial charge in [0.2, 0.25) is 0 Å². The fraction of sp³-hybridized carbons (Fsp3) is 1.00. The molecule has 6 nitrogen and oxygen atoms in total. The van der Waals surface area contributed by atoms with Crippen molar-refractivity contribution in [3.05, 3.63) is 0 Å². The molecule has 0 aromatic rings. The van der Waals surface area contributed by atoms with Gasteiger partial charge in [-0.15, -0.1) is 0 Å². The van der Waals surface area contributed by atoms with E-state index >= 15 is 0 Å². The number of rotatable bonds is 9. The van der Waals surface area contributed by atoms with Gasteiger partial charge in [0, 0.05) is 43.9 Å². The summed E-state index contributed by atoms with van der Waals surface area (Å²) in [6, 6.07) is 0. The predicted molar refractivity (Wildman–Crippen MR) is 74.4 cm³/mol. The molecule has 120 valence electrons. The SMILES string of the molecule is CC(O)CC(N)(CCO)C(N)(CC(C)O)CC(C)O.[Zr]. The van der Waals surface area contributed by atoms with Crippen molar-refractivity contribution in [3.63, 3.8) is 0 Å². The zero-order valence-corrected chi connectivity index (χ0v) is 15.2. The zero-order valence-electron chi connectivity index (χ0n) is 12.7. The summed E-state index contributed by atoms with van der Waals surface area (Å²) in [6.45, 7) is 4.64. The third-order valence-electron chi connectivity index (χ3n) is 3.53. The van der Waals surface area contributed by atoms with E-state index < -0.39 is 29.4 Å². The van der Waals surface area contributed by atoms with E-state index in [0.29, 0.717) is 0 Å². The summed E-state index contributed by atoms with van der Waals surface area (Å²) in [5, 5.41) is 38.1. The van der Waals surface area contributed by atoms with E-state index in [1.165, 1.54) is 0 Å². The van der Waals surface area contributed by atoms with Crippen LogP contribution in [0.4, 0.5) is 0 Å². The Balaban J connectivity index is 0. The second-order valence-electron chi connectivity index (χ2n) is 5.95. The number of hydrogen-bond acceptors (Lipinski definition) is 6. The molecule has 4 atom stereocenters. The van der Waals surface area contributed by atoms with Gasteiger partial charge < -0.3 is 31.9 Å². The molecular formula is C13H30N2O4Zr. The van der Waals surface area contributed by atoms with E-state index in [1.54, 1.807) is 20.8 Å². The quantitative estimate of drug-likeness (QED) is 0.311. The van der Waals surface area contributed by atoms with Gasteiger partial charge in [0.05, 0.1) is 18.3 Å². The minimum Gasteiger partial charge on any atom is -0.396 e. The molecule has 0 aliphatic carbocycles. The van der Waals surface area contributed by atoms with Crippen LogP contribution < -0.4 is 11.5 Å². The summed E-state index contributed by atoms with van der Waals surface area (Å²) in [6.07, 6.45) is -1.25. The average molecular weight is 370 g/mol. The van der Waals surface area contributed by atoms with Crippen LogP contribution in [0.5, 0.6) is 0 Å². The predicted octanol–water partition coefficient (Wildman–Crippen LogP) is -0.926.